The third-order valence-electron chi connectivity index (χ3n) is 4.94. The van der Waals surface area contributed by atoms with E-state index in [2.05, 4.69) is 39.5 Å². The molecule has 0 amide bonds. The van der Waals surface area contributed by atoms with Crippen molar-refractivity contribution in [3.8, 4) is 0 Å². The first-order valence-electron chi connectivity index (χ1n) is 8.55. The Labute approximate surface area is 137 Å². The Hall–Kier alpha value is -1.72. The van der Waals surface area contributed by atoms with Gasteiger partial charge in [-0.25, -0.2) is 0 Å². The SMILES string of the molecule is Cn1nnc2c1CCN(CC1CC1)[C@H]2COCc1ccccc1. The molecule has 0 saturated heterocycles. The van der Waals surface area contributed by atoms with Crippen LogP contribution in [0.1, 0.15) is 35.8 Å². The maximum Gasteiger partial charge on any atom is 0.105 e. The topological polar surface area (TPSA) is 43.2 Å². The minimum atomic E-state index is 0.247. The van der Waals surface area contributed by atoms with E-state index in [9.17, 15) is 0 Å². The van der Waals surface area contributed by atoms with Crippen LogP contribution in [0.25, 0.3) is 0 Å². The van der Waals surface area contributed by atoms with Crippen LogP contribution in [-0.2, 0) is 24.8 Å². The smallest absolute Gasteiger partial charge is 0.105 e. The van der Waals surface area contributed by atoms with Crippen molar-refractivity contribution in [3.05, 3.63) is 47.3 Å². The van der Waals surface area contributed by atoms with Gasteiger partial charge in [0.1, 0.15) is 5.69 Å². The zero-order chi connectivity index (χ0) is 15.6. The van der Waals surface area contributed by atoms with E-state index in [4.69, 9.17) is 4.74 Å². The van der Waals surface area contributed by atoms with Crippen molar-refractivity contribution in [1.29, 1.82) is 0 Å². The van der Waals surface area contributed by atoms with Gasteiger partial charge in [-0.3, -0.25) is 9.58 Å². The number of rotatable bonds is 6. The molecule has 2 aliphatic rings. The highest BCUT2D eigenvalue weighted by Crippen LogP contribution is 2.35. The molecule has 1 aromatic heterocycles. The summed E-state index contributed by atoms with van der Waals surface area (Å²) in [5, 5.41) is 8.66. The number of aryl methyl sites for hydroxylation is 1. The molecule has 0 radical (unpaired) electrons. The molecule has 5 nitrogen and oxygen atoms in total. The van der Waals surface area contributed by atoms with Crippen LogP contribution in [0.4, 0.5) is 0 Å². The van der Waals surface area contributed by atoms with E-state index >= 15 is 0 Å². The number of aromatic nitrogens is 3. The molecule has 0 spiro atoms. The Balaban J connectivity index is 1.45. The third kappa shape index (κ3) is 3.31. The highest BCUT2D eigenvalue weighted by molar-refractivity contribution is 5.19. The van der Waals surface area contributed by atoms with Crippen molar-refractivity contribution in [2.75, 3.05) is 19.7 Å². The van der Waals surface area contributed by atoms with Gasteiger partial charge >= 0.3 is 0 Å². The van der Waals surface area contributed by atoms with Gasteiger partial charge in [-0.2, -0.15) is 0 Å². The number of benzene rings is 1. The number of nitrogens with zero attached hydrogens (tertiary/aromatic N) is 4. The number of hydrogen-bond donors (Lipinski definition) is 0. The summed E-state index contributed by atoms with van der Waals surface area (Å²) in [6, 6.07) is 10.6. The molecule has 1 atom stereocenters. The van der Waals surface area contributed by atoms with E-state index in [-0.39, 0.29) is 6.04 Å². The lowest BCUT2D eigenvalue weighted by atomic mass is 10.0. The molecule has 1 aliphatic carbocycles. The van der Waals surface area contributed by atoms with Crippen LogP contribution in [0.2, 0.25) is 0 Å². The van der Waals surface area contributed by atoms with Crippen molar-refractivity contribution in [2.45, 2.75) is 31.9 Å². The lowest BCUT2D eigenvalue weighted by molar-refractivity contribution is 0.0404. The average molecular weight is 312 g/mol. The van der Waals surface area contributed by atoms with Gasteiger partial charge in [0.25, 0.3) is 0 Å². The summed E-state index contributed by atoms with van der Waals surface area (Å²) in [7, 11) is 1.99. The zero-order valence-corrected chi connectivity index (χ0v) is 13.7. The average Bonchev–Trinajstić information content (AvgIpc) is 3.31. The van der Waals surface area contributed by atoms with E-state index in [0.29, 0.717) is 13.2 Å². The minimum Gasteiger partial charge on any atom is -0.375 e. The predicted molar refractivity (Wildman–Crippen MR) is 87.8 cm³/mol. The molecule has 0 bridgehead atoms. The summed E-state index contributed by atoms with van der Waals surface area (Å²) < 4.78 is 7.96. The monoisotopic (exact) mass is 312 g/mol. The van der Waals surface area contributed by atoms with Gasteiger partial charge in [-0.05, 0) is 24.3 Å². The van der Waals surface area contributed by atoms with Crippen LogP contribution in [-0.4, -0.2) is 39.6 Å². The zero-order valence-electron chi connectivity index (χ0n) is 13.7. The summed E-state index contributed by atoms with van der Waals surface area (Å²) in [6.07, 6.45) is 3.80. The Morgan fingerprint density at radius 3 is 2.83 bits per heavy atom. The Kier molecular flexibility index (Phi) is 4.14. The van der Waals surface area contributed by atoms with Gasteiger partial charge in [-0.15, -0.1) is 5.10 Å². The van der Waals surface area contributed by atoms with E-state index in [1.165, 1.54) is 30.6 Å². The summed E-state index contributed by atoms with van der Waals surface area (Å²) in [4.78, 5) is 2.56. The highest BCUT2D eigenvalue weighted by atomic mass is 16.5. The fraction of sp³-hybridized carbons (Fsp3) is 0.556. The van der Waals surface area contributed by atoms with Crippen LogP contribution in [0.5, 0.6) is 0 Å². The van der Waals surface area contributed by atoms with E-state index in [0.717, 1.165) is 24.6 Å². The van der Waals surface area contributed by atoms with Crippen molar-refractivity contribution in [1.82, 2.24) is 19.9 Å². The summed E-state index contributed by atoms with van der Waals surface area (Å²) in [5.74, 6) is 0.879. The third-order valence-corrected chi connectivity index (χ3v) is 4.94. The van der Waals surface area contributed by atoms with Crippen LogP contribution in [0.3, 0.4) is 0 Å². The molecule has 23 heavy (non-hydrogen) atoms. The van der Waals surface area contributed by atoms with Crippen LogP contribution >= 0.6 is 0 Å². The van der Waals surface area contributed by atoms with Gasteiger partial charge in [-0.1, -0.05) is 35.5 Å². The first kappa shape index (κ1) is 14.8. The molecule has 2 heterocycles. The number of hydrogen-bond acceptors (Lipinski definition) is 4. The van der Waals surface area contributed by atoms with Gasteiger partial charge < -0.3 is 4.74 Å². The second-order valence-electron chi connectivity index (χ2n) is 6.75. The molecule has 122 valence electrons. The predicted octanol–water partition coefficient (Wildman–Crippen LogP) is 2.34. The molecular formula is C18H24N4O. The van der Waals surface area contributed by atoms with Crippen LogP contribution in [0, 0.1) is 5.92 Å². The Bertz CT molecular complexity index is 650. The summed E-state index contributed by atoms with van der Waals surface area (Å²) in [5.41, 5.74) is 3.61. The molecule has 2 aromatic rings. The molecule has 4 rings (SSSR count). The largest absolute Gasteiger partial charge is 0.375 e. The fourth-order valence-corrected chi connectivity index (χ4v) is 3.42. The highest BCUT2D eigenvalue weighted by Gasteiger charge is 2.35. The molecule has 1 aliphatic heterocycles. The van der Waals surface area contributed by atoms with Crippen LogP contribution < -0.4 is 0 Å². The van der Waals surface area contributed by atoms with E-state index < -0.39 is 0 Å². The van der Waals surface area contributed by atoms with Crippen molar-refractivity contribution < 1.29 is 4.74 Å². The molecule has 5 heteroatoms. The lowest BCUT2D eigenvalue weighted by Crippen LogP contribution is -2.39. The standard InChI is InChI=1S/C18H24N4O/c1-21-16-9-10-22(11-14-7-8-14)17(18(16)19-20-21)13-23-12-15-5-3-2-4-6-15/h2-6,14,17H,7-13H2,1H3/t17-/m0/s1. The van der Waals surface area contributed by atoms with Gasteiger partial charge in [0.05, 0.1) is 24.9 Å². The molecular weight excluding hydrogens is 288 g/mol. The first-order chi connectivity index (χ1) is 11.3. The normalized spacial score (nSPS) is 21.3. The molecule has 1 fully saturated rings. The minimum absolute atomic E-state index is 0.247. The summed E-state index contributed by atoms with van der Waals surface area (Å²) >= 11 is 0. The molecule has 0 N–H and O–H groups in total. The second kappa shape index (κ2) is 6.42. The van der Waals surface area contributed by atoms with Gasteiger partial charge in [0, 0.05) is 26.6 Å². The maximum atomic E-state index is 6.04. The fourth-order valence-electron chi connectivity index (χ4n) is 3.42. The van der Waals surface area contributed by atoms with Gasteiger partial charge in [0.15, 0.2) is 0 Å². The van der Waals surface area contributed by atoms with Gasteiger partial charge in [0.2, 0.25) is 0 Å². The maximum absolute atomic E-state index is 6.04. The van der Waals surface area contributed by atoms with E-state index in [1.807, 2.05) is 17.8 Å². The van der Waals surface area contributed by atoms with Crippen molar-refractivity contribution in [3.63, 3.8) is 0 Å². The summed E-state index contributed by atoms with van der Waals surface area (Å²) in [6.45, 7) is 3.61. The van der Waals surface area contributed by atoms with Crippen molar-refractivity contribution in [2.24, 2.45) is 13.0 Å². The molecule has 0 unspecified atom stereocenters. The van der Waals surface area contributed by atoms with E-state index in [1.54, 1.807) is 0 Å². The van der Waals surface area contributed by atoms with Crippen molar-refractivity contribution >= 4 is 0 Å². The molecule has 1 saturated carbocycles. The Morgan fingerprint density at radius 2 is 2.04 bits per heavy atom. The second-order valence-corrected chi connectivity index (χ2v) is 6.75. The molecule has 1 aromatic carbocycles. The number of ether oxygens (including phenoxy) is 1. The Morgan fingerprint density at radius 1 is 1.22 bits per heavy atom. The quantitative estimate of drug-likeness (QED) is 0.821. The number of fused-ring (bicyclic) bond motifs is 1. The lowest BCUT2D eigenvalue weighted by Gasteiger charge is -2.34. The van der Waals surface area contributed by atoms with Crippen LogP contribution in [0.15, 0.2) is 30.3 Å². The first-order valence-corrected chi connectivity index (χ1v) is 8.55.